The molecule has 2 N–H and O–H groups in total. The number of hydrogen-bond donors (Lipinski definition) is 2. The second kappa shape index (κ2) is 12.4. The summed E-state index contributed by atoms with van der Waals surface area (Å²) >= 11 is 0. The van der Waals surface area contributed by atoms with Crippen LogP contribution in [0.2, 0.25) is 0 Å². The normalized spacial score (nSPS) is 17.2. The highest BCUT2D eigenvalue weighted by atomic mass is 19.4. The summed E-state index contributed by atoms with van der Waals surface area (Å²) in [5.74, 6) is 0.0889. The molecular formula is C24H35F3N8O2. The summed E-state index contributed by atoms with van der Waals surface area (Å²) in [5.41, 5.74) is -0.480. The molecule has 4 heterocycles. The van der Waals surface area contributed by atoms with Gasteiger partial charge in [0.15, 0.2) is 0 Å². The van der Waals surface area contributed by atoms with E-state index < -0.39 is 11.7 Å². The zero-order valence-corrected chi connectivity index (χ0v) is 21.2. The number of piperidine rings is 2. The number of carbonyl (C=O) groups excluding carboxylic acids is 1. The number of methoxy groups -OCH3 is 1. The topological polar surface area (TPSA) is 100 Å². The van der Waals surface area contributed by atoms with Crippen LogP contribution in [-0.2, 0) is 17.5 Å². The molecule has 204 valence electrons. The molecule has 0 aromatic carbocycles. The Balaban J connectivity index is 1.40. The lowest BCUT2D eigenvalue weighted by Gasteiger charge is -2.26. The highest BCUT2D eigenvalue weighted by molar-refractivity contribution is 5.76. The van der Waals surface area contributed by atoms with Crippen molar-refractivity contribution >= 4 is 23.4 Å². The fourth-order valence-electron chi connectivity index (χ4n) is 4.66. The molecule has 0 atom stereocenters. The minimum atomic E-state index is -4.61. The Morgan fingerprint density at radius 3 is 2.57 bits per heavy atom. The first-order chi connectivity index (χ1) is 17.8. The Hall–Kier alpha value is -3.09. The standard InChI is InChI=1S/C24H35F3N8O2/c1-37-22-19(17-35(32-22)15-14-33-10-4-2-5-11-33)30-23-29-16-18(24(25,26)27)21(31-23)28-9-7-13-34-12-6-3-8-20(34)36/h16-17H,2-15H2,1H3,(H2,28,29,30,31). The Labute approximate surface area is 214 Å². The van der Waals surface area contributed by atoms with Gasteiger partial charge in [0, 0.05) is 38.8 Å². The Kier molecular flexibility index (Phi) is 9.06. The van der Waals surface area contributed by atoms with Crippen molar-refractivity contribution < 1.29 is 22.7 Å². The predicted octanol–water partition coefficient (Wildman–Crippen LogP) is 3.74. The van der Waals surface area contributed by atoms with Crippen LogP contribution in [0, 0.1) is 0 Å². The number of rotatable bonds is 11. The average molecular weight is 525 g/mol. The minimum absolute atomic E-state index is 0.00408. The molecule has 4 rings (SSSR count). The number of anilines is 3. The molecule has 37 heavy (non-hydrogen) atoms. The first-order valence-electron chi connectivity index (χ1n) is 12.9. The van der Waals surface area contributed by atoms with E-state index in [1.165, 1.54) is 26.4 Å². The second-order valence-corrected chi connectivity index (χ2v) is 9.41. The molecule has 2 aliphatic heterocycles. The van der Waals surface area contributed by atoms with E-state index in [2.05, 4.69) is 30.6 Å². The minimum Gasteiger partial charge on any atom is -0.478 e. The molecule has 1 amide bonds. The summed E-state index contributed by atoms with van der Waals surface area (Å²) in [6.45, 7) is 5.11. The van der Waals surface area contributed by atoms with Crippen molar-refractivity contribution in [1.82, 2.24) is 29.5 Å². The van der Waals surface area contributed by atoms with Gasteiger partial charge in [-0.2, -0.15) is 18.2 Å². The third kappa shape index (κ3) is 7.46. The third-order valence-corrected chi connectivity index (χ3v) is 6.67. The Morgan fingerprint density at radius 2 is 1.84 bits per heavy atom. The number of likely N-dealkylation sites (tertiary alicyclic amines) is 2. The summed E-state index contributed by atoms with van der Waals surface area (Å²) < 4.78 is 47.9. The number of halogens is 3. The lowest BCUT2D eigenvalue weighted by atomic mass is 10.1. The molecule has 0 saturated carbocycles. The first-order valence-corrected chi connectivity index (χ1v) is 12.9. The second-order valence-electron chi connectivity index (χ2n) is 9.41. The van der Waals surface area contributed by atoms with E-state index in [0.29, 0.717) is 44.0 Å². The number of nitrogens with zero attached hydrogens (tertiary/aromatic N) is 6. The van der Waals surface area contributed by atoms with Crippen molar-refractivity contribution in [2.45, 2.75) is 57.7 Å². The number of alkyl halides is 3. The van der Waals surface area contributed by atoms with Gasteiger partial charge < -0.3 is 25.2 Å². The van der Waals surface area contributed by atoms with Crippen molar-refractivity contribution in [1.29, 1.82) is 0 Å². The number of amides is 1. The SMILES string of the molecule is COc1nn(CCN2CCCCC2)cc1Nc1ncc(C(F)(F)F)c(NCCCN2CCCCC2=O)n1. The smallest absolute Gasteiger partial charge is 0.421 e. The number of nitrogens with one attached hydrogen (secondary N) is 2. The monoisotopic (exact) mass is 524 g/mol. The van der Waals surface area contributed by atoms with E-state index in [0.717, 1.165) is 38.7 Å². The van der Waals surface area contributed by atoms with Crippen LogP contribution in [-0.4, -0.2) is 81.8 Å². The van der Waals surface area contributed by atoms with E-state index in [-0.39, 0.29) is 24.2 Å². The van der Waals surface area contributed by atoms with Crippen molar-refractivity contribution in [2.75, 3.05) is 57.0 Å². The van der Waals surface area contributed by atoms with E-state index in [9.17, 15) is 18.0 Å². The van der Waals surface area contributed by atoms with Gasteiger partial charge in [0.2, 0.25) is 11.9 Å². The molecule has 0 spiro atoms. The maximum atomic E-state index is 13.6. The summed E-state index contributed by atoms with van der Waals surface area (Å²) in [4.78, 5) is 24.1. The molecular weight excluding hydrogens is 489 g/mol. The zero-order chi connectivity index (χ0) is 26.3. The summed E-state index contributed by atoms with van der Waals surface area (Å²) in [7, 11) is 1.48. The molecule has 2 aromatic rings. The maximum absolute atomic E-state index is 13.6. The molecule has 0 aliphatic carbocycles. The van der Waals surface area contributed by atoms with Crippen LogP contribution >= 0.6 is 0 Å². The molecule has 2 saturated heterocycles. The van der Waals surface area contributed by atoms with Gasteiger partial charge in [-0.25, -0.2) is 4.98 Å². The van der Waals surface area contributed by atoms with Crippen molar-refractivity contribution in [3.8, 4) is 5.88 Å². The Morgan fingerprint density at radius 1 is 1.05 bits per heavy atom. The van der Waals surface area contributed by atoms with Crippen molar-refractivity contribution in [2.24, 2.45) is 0 Å². The molecule has 0 unspecified atom stereocenters. The quantitative estimate of drug-likeness (QED) is 0.429. The maximum Gasteiger partial charge on any atom is 0.421 e. The van der Waals surface area contributed by atoms with Gasteiger partial charge in [0.25, 0.3) is 5.88 Å². The average Bonchev–Trinajstić information content (AvgIpc) is 3.28. The summed E-state index contributed by atoms with van der Waals surface area (Å²) in [6, 6.07) is 0. The van der Waals surface area contributed by atoms with Gasteiger partial charge in [-0.3, -0.25) is 9.48 Å². The molecule has 2 aliphatic rings. The number of ether oxygens (including phenoxy) is 1. The number of aromatic nitrogens is 4. The fraction of sp³-hybridized carbons (Fsp3) is 0.667. The van der Waals surface area contributed by atoms with Gasteiger partial charge in [0.1, 0.15) is 17.1 Å². The molecule has 2 aromatic heterocycles. The fourth-order valence-corrected chi connectivity index (χ4v) is 4.66. The molecule has 2 fully saturated rings. The van der Waals surface area contributed by atoms with Gasteiger partial charge in [-0.05, 0) is 45.2 Å². The third-order valence-electron chi connectivity index (χ3n) is 6.67. The van der Waals surface area contributed by atoms with E-state index >= 15 is 0 Å². The van der Waals surface area contributed by atoms with E-state index in [1.54, 1.807) is 15.8 Å². The largest absolute Gasteiger partial charge is 0.478 e. The van der Waals surface area contributed by atoms with Gasteiger partial charge in [-0.15, -0.1) is 5.10 Å². The van der Waals surface area contributed by atoms with Crippen LogP contribution in [0.5, 0.6) is 5.88 Å². The lowest BCUT2D eigenvalue weighted by molar-refractivity contribution is -0.137. The van der Waals surface area contributed by atoms with E-state index in [1.807, 2.05) is 0 Å². The molecule has 13 heteroatoms. The van der Waals surface area contributed by atoms with Crippen LogP contribution in [0.4, 0.5) is 30.6 Å². The van der Waals surface area contributed by atoms with Gasteiger partial charge in [-0.1, -0.05) is 6.42 Å². The summed E-state index contributed by atoms with van der Waals surface area (Å²) in [6.07, 6.45) is 4.45. The van der Waals surface area contributed by atoms with Crippen molar-refractivity contribution in [3.63, 3.8) is 0 Å². The van der Waals surface area contributed by atoms with Crippen LogP contribution in [0.1, 0.15) is 50.5 Å². The van der Waals surface area contributed by atoms with Crippen LogP contribution in [0.3, 0.4) is 0 Å². The van der Waals surface area contributed by atoms with Gasteiger partial charge >= 0.3 is 6.18 Å². The zero-order valence-electron chi connectivity index (χ0n) is 21.2. The Bertz CT molecular complexity index is 1040. The number of hydrogen-bond acceptors (Lipinski definition) is 8. The highest BCUT2D eigenvalue weighted by Gasteiger charge is 2.35. The van der Waals surface area contributed by atoms with Crippen LogP contribution < -0.4 is 15.4 Å². The highest BCUT2D eigenvalue weighted by Crippen LogP contribution is 2.34. The molecule has 10 nitrogen and oxygen atoms in total. The van der Waals surface area contributed by atoms with Crippen molar-refractivity contribution in [3.05, 3.63) is 18.0 Å². The predicted molar refractivity (Wildman–Crippen MR) is 133 cm³/mol. The molecule has 0 bridgehead atoms. The van der Waals surface area contributed by atoms with Gasteiger partial charge in [0.05, 0.1) is 19.9 Å². The van der Waals surface area contributed by atoms with Crippen LogP contribution in [0.25, 0.3) is 0 Å². The van der Waals surface area contributed by atoms with Crippen LogP contribution in [0.15, 0.2) is 12.4 Å². The van der Waals surface area contributed by atoms with E-state index in [4.69, 9.17) is 4.74 Å². The summed E-state index contributed by atoms with van der Waals surface area (Å²) in [5, 5.41) is 10.2. The number of carbonyl (C=O) groups is 1. The first kappa shape index (κ1) is 27.0. The molecule has 0 radical (unpaired) electrons. The lowest BCUT2D eigenvalue weighted by Crippen LogP contribution is -2.36.